The lowest BCUT2D eigenvalue weighted by molar-refractivity contribution is 0.0697. The number of nitrogens with one attached hydrogen (secondary N) is 1. The number of benzene rings is 3. The lowest BCUT2D eigenvalue weighted by atomic mass is 9.98. The first-order valence-electron chi connectivity index (χ1n) is 10.8. The Kier molecular flexibility index (Phi) is 5.70. The number of tetrazole rings is 1. The fraction of sp³-hybridized carbons (Fsp3) is 0.115. The third-order valence-electron chi connectivity index (χ3n) is 5.61. The zero-order valence-electron chi connectivity index (χ0n) is 18.4. The van der Waals surface area contributed by atoms with Gasteiger partial charge < -0.3 is 9.84 Å². The first kappa shape index (κ1) is 21.3. The molecule has 5 rings (SSSR count). The van der Waals surface area contributed by atoms with Crippen LogP contribution < -0.4 is 4.74 Å². The van der Waals surface area contributed by atoms with Crippen molar-refractivity contribution in [2.75, 3.05) is 0 Å². The third kappa shape index (κ3) is 4.21. The summed E-state index contributed by atoms with van der Waals surface area (Å²) in [5.74, 6) is 0.181. The average Bonchev–Trinajstić information content (AvgIpc) is 3.42. The van der Waals surface area contributed by atoms with E-state index < -0.39 is 5.97 Å². The summed E-state index contributed by atoms with van der Waals surface area (Å²) in [5, 5.41) is 24.4. The van der Waals surface area contributed by atoms with E-state index >= 15 is 0 Å². The molecule has 0 bridgehead atoms. The van der Waals surface area contributed by atoms with E-state index in [-0.39, 0.29) is 5.56 Å². The molecule has 0 fully saturated rings. The Morgan fingerprint density at radius 1 is 1.00 bits per heavy atom. The number of hydrogen-bond acceptors (Lipinski definition) is 6. The number of carboxylic acids is 1. The molecule has 2 aromatic heterocycles. The summed E-state index contributed by atoms with van der Waals surface area (Å²) in [4.78, 5) is 16.0. The predicted molar refractivity (Wildman–Crippen MR) is 127 cm³/mol. The summed E-state index contributed by atoms with van der Waals surface area (Å²) >= 11 is 0. The van der Waals surface area contributed by atoms with Gasteiger partial charge in [0.2, 0.25) is 5.82 Å². The highest BCUT2D eigenvalue weighted by Gasteiger charge is 2.12. The van der Waals surface area contributed by atoms with Gasteiger partial charge in [0.05, 0.1) is 11.1 Å². The first-order valence-corrected chi connectivity index (χ1v) is 10.8. The Labute approximate surface area is 195 Å². The topological polar surface area (TPSA) is 114 Å². The second-order valence-corrected chi connectivity index (χ2v) is 7.77. The summed E-state index contributed by atoms with van der Waals surface area (Å²) in [6, 6.07) is 22.7. The van der Waals surface area contributed by atoms with E-state index in [1.165, 1.54) is 0 Å². The van der Waals surface area contributed by atoms with Crippen molar-refractivity contribution in [3.8, 4) is 28.3 Å². The molecular formula is C26H21N5O3. The van der Waals surface area contributed by atoms with Crippen molar-refractivity contribution < 1.29 is 14.6 Å². The molecule has 0 aliphatic heterocycles. The molecule has 2 heterocycles. The van der Waals surface area contributed by atoms with Crippen LogP contribution in [0.1, 0.15) is 28.5 Å². The fourth-order valence-electron chi connectivity index (χ4n) is 3.83. The van der Waals surface area contributed by atoms with Crippen LogP contribution in [0, 0.1) is 0 Å². The van der Waals surface area contributed by atoms with Crippen LogP contribution in [0.4, 0.5) is 0 Å². The Bertz CT molecular complexity index is 1460. The maximum absolute atomic E-state index is 11.4. The summed E-state index contributed by atoms with van der Waals surface area (Å²) in [5.41, 5.74) is 5.71. The predicted octanol–water partition coefficient (Wildman–Crippen LogP) is 4.92. The maximum atomic E-state index is 11.4. The Balaban J connectivity index is 1.41. The van der Waals surface area contributed by atoms with Crippen molar-refractivity contribution in [2.24, 2.45) is 0 Å². The van der Waals surface area contributed by atoms with Crippen LogP contribution in [0.3, 0.4) is 0 Å². The smallest absolute Gasteiger partial charge is 0.335 e. The number of fused-ring (bicyclic) bond motifs is 1. The van der Waals surface area contributed by atoms with E-state index in [2.05, 4.69) is 25.6 Å². The number of nitrogens with zero attached hydrogens (tertiary/aromatic N) is 4. The number of aromatic nitrogens is 5. The number of hydrogen-bond donors (Lipinski definition) is 2. The van der Waals surface area contributed by atoms with Gasteiger partial charge in [0, 0.05) is 22.7 Å². The van der Waals surface area contributed by atoms with E-state index in [1.54, 1.807) is 18.2 Å². The molecule has 8 heteroatoms. The monoisotopic (exact) mass is 451 g/mol. The normalized spacial score (nSPS) is 11.0. The number of pyridine rings is 1. The molecule has 34 heavy (non-hydrogen) atoms. The lowest BCUT2D eigenvalue weighted by Gasteiger charge is -2.12. The van der Waals surface area contributed by atoms with E-state index in [1.807, 2.05) is 61.5 Å². The molecule has 0 aliphatic rings. The maximum Gasteiger partial charge on any atom is 0.335 e. The number of aryl methyl sites for hydroxylation is 1. The SMILES string of the molecule is CCc1cc(OCc2ccc(-c3ccccc3-c3nn[nH]n3)cc2)c2cc(C(=O)O)ccc2n1. The highest BCUT2D eigenvalue weighted by molar-refractivity contribution is 5.95. The van der Waals surface area contributed by atoms with Crippen LogP contribution >= 0.6 is 0 Å². The average molecular weight is 451 g/mol. The van der Waals surface area contributed by atoms with Gasteiger partial charge in [0.1, 0.15) is 12.4 Å². The third-order valence-corrected chi connectivity index (χ3v) is 5.61. The lowest BCUT2D eigenvalue weighted by Crippen LogP contribution is -2.01. The Hall–Kier alpha value is -4.59. The van der Waals surface area contributed by atoms with Gasteiger partial charge in [-0.25, -0.2) is 4.79 Å². The molecule has 0 radical (unpaired) electrons. The Morgan fingerprint density at radius 3 is 2.50 bits per heavy atom. The molecule has 0 spiro atoms. The van der Waals surface area contributed by atoms with Gasteiger partial charge in [-0.2, -0.15) is 5.21 Å². The number of H-pyrrole nitrogens is 1. The zero-order valence-corrected chi connectivity index (χ0v) is 18.4. The molecule has 0 saturated carbocycles. The van der Waals surface area contributed by atoms with E-state index in [4.69, 9.17) is 4.74 Å². The minimum atomic E-state index is -0.982. The highest BCUT2D eigenvalue weighted by Crippen LogP contribution is 2.31. The van der Waals surface area contributed by atoms with Crippen LogP contribution in [0.2, 0.25) is 0 Å². The molecule has 3 aromatic carbocycles. The second kappa shape index (κ2) is 9.11. The van der Waals surface area contributed by atoms with Gasteiger partial charge >= 0.3 is 5.97 Å². The van der Waals surface area contributed by atoms with Crippen molar-refractivity contribution in [3.05, 3.63) is 89.6 Å². The molecule has 8 nitrogen and oxygen atoms in total. The highest BCUT2D eigenvalue weighted by atomic mass is 16.5. The van der Waals surface area contributed by atoms with Crippen LogP contribution in [-0.2, 0) is 13.0 Å². The molecule has 0 aliphatic carbocycles. The van der Waals surface area contributed by atoms with Crippen molar-refractivity contribution in [3.63, 3.8) is 0 Å². The fourth-order valence-corrected chi connectivity index (χ4v) is 3.83. The quantitative estimate of drug-likeness (QED) is 0.361. The van der Waals surface area contributed by atoms with E-state index in [9.17, 15) is 9.90 Å². The molecule has 0 unspecified atom stereocenters. The van der Waals surface area contributed by atoms with Crippen molar-refractivity contribution >= 4 is 16.9 Å². The van der Waals surface area contributed by atoms with Crippen molar-refractivity contribution in [1.82, 2.24) is 25.6 Å². The van der Waals surface area contributed by atoms with Gasteiger partial charge in [-0.1, -0.05) is 55.5 Å². The molecule has 168 valence electrons. The summed E-state index contributed by atoms with van der Waals surface area (Å²) in [6.07, 6.45) is 0.751. The Morgan fingerprint density at radius 2 is 1.79 bits per heavy atom. The number of carboxylic acid groups (broad SMARTS) is 1. The minimum absolute atomic E-state index is 0.202. The van der Waals surface area contributed by atoms with Crippen LogP contribution in [0.15, 0.2) is 72.8 Å². The van der Waals surface area contributed by atoms with Gasteiger partial charge in [-0.15, -0.1) is 10.2 Å². The van der Waals surface area contributed by atoms with E-state index in [0.29, 0.717) is 29.1 Å². The van der Waals surface area contributed by atoms with Crippen LogP contribution in [0.25, 0.3) is 33.4 Å². The van der Waals surface area contributed by atoms with Gasteiger partial charge in [0.25, 0.3) is 0 Å². The summed E-state index contributed by atoms with van der Waals surface area (Å²) < 4.78 is 6.15. The number of aromatic amines is 1. The molecule has 0 saturated heterocycles. The van der Waals surface area contributed by atoms with Gasteiger partial charge in [0.15, 0.2) is 0 Å². The largest absolute Gasteiger partial charge is 0.488 e. The van der Waals surface area contributed by atoms with Crippen molar-refractivity contribution in [2.45, 2.75) is 20.0 Å². The summed E-state index contributed by atoms with van der Waals surface area (Å²) in [6.45, 7) is 2.36. The molecule has 2 N–H and O–H groups in total. The standard InChI is InChI=1S/C26H21N5O3/c1-2-19-14-24(22-13-18(26(32)33)11-12-23(22)27-19)34-15-16-7-9-17(10-8-16)20-5-3-4-6-21(20)25-28-30-31-29-25/h3-14H,2,15H2,1H3,(H,32,33)(H,28,29,30,31). The van der Waals surface area contributed by atoms with E-state index in [0.717, 1.165) is 34.4 Å². The molecular weight excluding hydrogens is 430 g/mol. The van der Waals surface area contributed by atoms with Crippen LogP contribution in [-0.4, -0.2) is 36.7 Å². The minimum Gasteiger partial charge on any atom is -0.488 e. The second-order valence-electron chi connectivity index (χ2n) is 7.77. The zero-order chi connectivity index (χ0) is 23.5. The molecule has 0 amide bonds. The number of ether oxygens (including phenoxy) is 1. The van der Waals surface area contributed by atoms with Crippen molar-refractivity contribution in [1.29, 1.82) is 0 Å². The van der Waals surface area contributed by atoms with Crippen LogP contribution in [0.5, 0.6) is 5.75 Å². The molecule has 0 atom stereocenters. The molecule has 5 aromatic rings. The number of aromatic carboxylic acids is 1. The van der Waals surface area contributed by atoms with Gasteiger partial charge in [-0.05, 0) is 46.5 Å². The number of rotatable bonds is 7. The summed E-state index contributed by atoms with van der Waals surface area (Å²) in [7, 11) is 0. The first-order chi connectivity index (χ1) is 16.6. The van der Waals surface area contributed by atoms with Gasteiger partial charge in [-0.3, -0.25) is 4.98 Å². The number of carbonyl (C=O) groups is 1.